The Morgan fingerprint density at radius 2 is 1.60 bits per heavy atom. The predicted molar refractivity (Wildman–Crippen MR) is 64.1 cm³/mol. The molecule has 0 unspecified atom stereocenters. The quantitative estimate of drug-likeness (QED) is 0.626. The first-order valence-corrected chi connectivity index (χ1v) is 5.87. The lowest BCUT2D eigenvalue weighted by Gasteiger charge is -2.07. The van der Waals surface area contributed by atoms with Gasteiger partial charge >= 0.3 is 0 Å². The topological polar surface area (TPSA) is 33.3 Å². The maximum absolute atomic E-state index is 4.97. The highest BCUT2D eigenvalue weighted by Crippen LogP contribution is 2.62. The summed E-state index contributed by atoms with van der Waals surface area (Å²) < 4.78 is 4.97. The van der Waals surface area contributed by atoms with Crippen molar-refractivity contribution in [3.05, 3.63) is 0 Å². The van der Waals surface area contributed by atoms with Crippen LogP contribution in [0.2, 0.25) is 0 Å². The van der Waals surface area contributed by atoms with Crippen LogP contribution in [0.5, 0.6) is 0 Å². The lowest BCUT2D eigenvalue weighted by atomic mass is 10.0. The van der Waals surface area contributed by atoms with Crippen molar-refractivity contribution in [3.63, 3.8) is 0 Å². The maximum Gasteiger partial charge on any atom is 0.0587 e. The van der Waals surface area contributed by atoms with E-state index in [-0.39, 0.29) is 0 Å². The fourth-order valence-corrected chi connectivity index (χ4v) is 2.31. The van der Waals surface area contributed by atoms with Crippen LogP contribution in [-0.4, -0.2) is 39.4 Å². The lowest BCUT2D eigenvalue weighted by molar-refractivity contribution is 0.199. The molecule has 3 nitrogen and oxygen atoms in total. The van der Waals surface area contributed by atoms with E-state index in [2.05, 4.69) is 38.3 Å². The molecule has 0 spiro atoms. The molecule has 0 radical (unpaired) electrons. The Hall–Kier alpha value is -0.120. The zero-order valence-corrected chi connectivity index (χ0v) is 10.8. The Bertz CT molecular complexity index is 188. The molecule has 1 aliphatic carbocycles. The van der Waals surface area contributed by atoms with E-state index in [1.54, 1.807) is 7.11 Å². The molecular formula is C12H26N2O. The van der Waals surface area contributed by atoms with Gasteiger partial charge in [0.05, 0.1) is 6.61 Å². The minimum atomic E-state index is 0.444. The van der Waals surface area contributed by atoms with E-state index in [4.69, 9.17) is 4.74 Å². The minimum absolute atomic E-state index is 0.444. The van der Waals surface area contributed by atoms with Crippen LogP contribution in [0, 0.1) is 10.8 Å². The smallest absolute Gasteiger partial charge is 0.0587 e. The van der Waals surface area contributed by atoms with Gasteiger partial charge in [-0.1, -0.05) is 27.7 Å². The molecular weight excluding hydrogens is 188 g/mol. The van der Waals surface area contributed by atoms with Gasteiger partial charge in [0, 0.05) is 32.8 Å². The van der Waals surface area contributed by atoms with E-state index in [0.717, 1.165) is 26.2 Å². The molecule has 2 N–H and O–H groups in total. The summed E-state index contributed by atoms with van der Waals surface area (Å²) in [5, 5.41) is 6.95. The Balaban J connectivity index is 2.03. The maximum atomic E-state index is 4.97. The molecule has 1 saturated carbocycles. The summed E-state index contributed by atoms with van der Waals surface area (Å²) in [6.07, 6.45) is 0. The Labute approximate surface area is 94.0 Å². The van der Waals surface area contributed by atoms with Gasteiger partial charge in [-0.15, -0.1) is 0 Å². The fourth-order valence-electron chi connectivity index (χ4n) is 2.31. The standard InChI is InChI=1S/C12H26N2O/c1-11(2)10(12(11,3)4)14-7-6-13-8-9-15-5/h10,13-14H,6-9H2,1-5H3. The van der Waals surface area contributed by atoms with Crippen LogP contribution >= 0.6 is 0 Å². The van der Waals surface area contributed by atoms with E-state index in [0.29, 0.717) is 16.9 Å². The second-order valence-corrected chi connectivity index (χ2v) is 5.57. The van der Waals surface area contributed by atoms with Gasteiger partial charge in [-0.25, -0.2) is 0 Å². The molecule has 0 heterocycles. The van der Waals surface area contributed by atoms with E-state index in [1.807, 2.05) is 0 Å². The van der Waals surface area contributed by atoms with Gasteiger partial charge < -0.3 is 15.4 Å². The van der Waals surface area contributed by atoms with Crippen molar-refractivity contribution < 1.29 is 4.74 Å². The summed E-state index contributed by atoms with van der Waals surface area (Å²) in [7, 11) is 1.73. The average molecular weight is 214 g/mol. The lowest BCUT2D eigenvalue weighted by Crippen LogP contribution is -2.32. The first kappa shape index (κ1) is 12.9. The van der Waals surface area contributed by atoms with Crippen LogP contribution in [0.4, 0.5) is 0 Å². The van der Waals surface area contributed by atoms with Crippen molar-refractivity contribution in [2.75, 3.05) is 33.4 Å². The third kappa shape index (κ3) is 2.71. The first-order chi connectivity index (χ1) is 6.94. The van der Waals surface area contributed by atoms with E-state index >= 15 is 0 Å². The van der Waals surface area contributed by atoms with Crippen molar-refractivity contribution in [3.8, 4) is 0 Å². The van der Waals surface area contributed by atoms with Crippen LogP contribution in [0.3, 0.4) is 0 Å². The van der Waals surface area contributed by atoms with Crippen LogP contribution in [0.25, 0.3) is 0 Å². The number of methoxy groups -OCH3 is 1. The monoisotopic (exact) mass is 214 g/mol. The van der Waals surface area contributed by atoms with E-state index in [9.17, 15) is 0 Å². The summed E-state index contributed by atoms with van der Waals surface area (Å²) >= 11 is 0. The minimum Gasteiger partial charge on any atom is -0.383 e. The highest BCUT2D eigenvalue weighted by Gasteiger charge is 2.64. The van der Waals surface area contributed by atoms with Gasteiger partial charge in [0.15, 0.2) is 0 Å². The molecule has 0 saturated heterocycles. The molecule has 0 aromatic carbocycles. The van der Waals surface area contributed by atoms with Crippen LogP contribution in [0.1, 0.15) is 27.7 Å². The number of ether oxygens (including phenoxy) is 1. The summed E-state index contributed by atoms with van der Waals surface area (Å²) in [5.41, 5.74) is 0.888. The summed E-state index contributed by atoms with van der Waals surface area (Å²) in [6.45, 7) is 13.1. The summed E-state index contributed by atoms with van der Waals surface area (Å²) in [4.78, 5) is 0. The van der Waals surface area contributed by atoms with Crippen molar-refractivity contribution in [1.82, 2.24) is 10.6 Å². The van der Waals surface area contributed by atoms with Gasteiger partial charge in [0.2, 0.25) is 0 Å². The first-order valence-electron chi connectivity index (χ1n) is 5.87. The molecule has 0 amide bonds. The van der Waals surface area contributed by atoms with Crippen molar-refractivity contribution >= 4 is 0 Å². The fraction of sp³-hybridized carbons (Fsp3) is 1.00. The average Bonchev–Trinajstić information content (AvgIpc) is 2.52. The largest absolute Gasteiger partial charge is 0.383 e. The molecule has 3 heteroatoms. The van der Waals surface area contributed by atoms with Gasteiger partial charge in [-0.05, 0) is 10.8 Å². The van der Waals surface area contributed by atoms with Crippen molar-refractivity contribution in [2.45, 2.75) is 33.7 Å². The van der Waals surface area contributed by atoms with Crippen molar-refractivity contribution in [2.24, 2.45) is 10.8 Å². The highest BCUT2D eigenvalue weighted by atomic mass is 16.5. The van der Waals surface area contributed by atoms with Gasteiger partial charge in [0.1, 0.15) is 0 Å². The molecule has 0 aliphatic heterocycles. The molecule has 1 fully saturated rings. The molecule has 15 heavy (non-hydrogen) atoms. The van der Waals surface area contributed by atoms with Crippen LogP contribution < -0.4 is 10.6 Å². The normalized spacial score (nSPS) is 23.0. The summed E-state index contributed by atoms with van der Waals surface area (Å²) in [5.74, 6) is 0. The Morgan fingerprint density at radius 3 is 2.07 bits per heavy atom. The molecule has 0 aromatic rings. The summed E-state index contributed by atoms with van der Waals surface area (Å²) in [6, 6.07) is 0.661. The van der Waals surface area contributed by atoms with Gasteiger partial charge in [-0.2, -0.15) is 0 Å². The highest BCUT2D eigenvalue weighted by molar-refractivity contribution is 5.17. The Kier molecular flexibility index (Phi) is 4.15. The second-order valence-electron chi connectivity index (χ2n) is 5.57. The molecule has 1 aliphatic rings. The molecule has 1 rings (SSSR count). The predicted octanol–water partition coefficient (Wildman–Crippen LogP) is 1.25. The van der Waals surface area contributed by atoms with Crippen LogP contribution in [0.15, 0.2) is 0 Å². The SMILES string of the molecule is COCCNCCNC1C(C)(C)C1(C)C. The van der Waals surface area contributed by atoms with Gasteiger partial charge in [-0.3, -0.25) is 0 Å². The molecule has 90 valence electrons. The number of hydrogen-bond acceptors (Lipinski definition) is 3. The van der Waals surface area contributed by atoms with E-state index in [1.165, 1.54) is 0 Å². The van der Waals surface area contributed by atoms with E-state index < -0.39 is 0 Å². The third-order valence-corrected chi connectivity index (χ3v) is 4.15. The molecule has 0 atom stereocenters. The second kappa shape index (κ2) is 4.81. The molecule has 0 aromatic heterocycles. The number of rotatable bonds is 7. The third-order valence-electron chi connectivity index (χ3n) is 4.15. The zero-order valence-electron chi connectivity index (χ0n) is 10.8. The molecule has 0 bridgehead atoms. The Morgan fingerprint density at radius 1 is 1.00 bits per heavy atom. The number of nitrogens with one attached hydrogen (secondary N) is 2. The van der Waals surface area contributed by atoms with Crippen LogP contribution in [-0.2, 0) is 4.74 Å². The zero-order chi connectivity index (χ0) is 11.5. The number of hydrogen-bond donors (Lipinski definition) is 2. The van der Waals surface area contributed by atoms with Gasteiger partial charge in [0.25, 0.3) is 0 Å². The van der Waals surface area contributed by atoms with Crippen molar-refractivity contribution in [1.29, 1.82) is 0 Å².